The van der Waals surface area contributed by atoms with Crippen LogP contribution in [0.3, 0.4) is 0 Å². The minimum absolute atomic E-state index is 0.154. The number of anilines is 1. The van der Waals surface area contributed by atoms with Gasteiger partial charge in [-0.05, 0) is 30.9 Å². The standard InChI is InChI=1S/C20H18N4OS2/c1-13-5-3-6-15(11-13)12-24-17(8-9-21-24)23-19(25)18-14(2)22-20(27-18)16-7-4-10-26-16/h3-11H,12H2,1-2H3,(H,23,25). The summed E-state index contributed by atoms with van der Waals surface area (Å²) < 4.78 is 1.79. The van der Waals surface area contributed by atoms with Gasteiger partial charge in [0.25, 0.3) is 5.91 Å². The van der Waals surface area contributed by atoms with Crippen molar-refractivity contribution in [1.29, 1.82) is 0 Å². The Morgan fingerprint density at radius 2 is 2.07 bits per heavy atom. The van der Waals surface area contributed by atoms with Crippen LogP contribution in [-0.4, -0.2) is 20.7 Å². The van der Waals surface area contributed by atoms with Gasteiger partial charge < -0.3 is 5.32 Å². The van der Waals surface area contributed by atoms with Gasteiger partial charge in [-0.25, -0.2) is 9.67 Å². The summed E-state index contributed by atoms with van der Waals surface area (Å²) in [5, 5.41) is 10.2. The molecular formula is C20H18N4OS2. The van der Waals surface area contributed by atoms with Crippen molar-refractivity contribution in [2.24, 2.45) is 0 Å². The van der Waals surface area contributed by atoms with Crippen molar-refractivity contribution in [3.05, 3.63) is 75.7 Å². The van der Waals surface area contributed by atoms with E-state index in [2.05, 4.69) is 40.5 Å². The molecule has 27 heavy (non-hydrogen) atoms. The van der Waals surface area contributed by atoms with Crippen molar-refractivity contribution >= 4 is 34.4 Å². The van der Waals surface area contributed by atoms with Crippen LogP contribution in [0, 0.1) is 13.8 Å². The van der Waals surface area contributed by atoms with Gasteiger partial charge in [-0.15, -0.1) is 22.7 Å². The fraction of sp³-hybridized carbons (Fsp3) is 0.150. The van der Waals surface area contributed by atoms with Gasteiger partial charge in [0, 0.05) is 6.07 Å². The second-order valence-electron chi connectivity index (χ2n) is 6.23. The molecule has 0 fully saturated rings. The minimum atomic E-state index is -0.154. The van der Waals surface area contributed by atoms with Gasteiger partial charge >= 0.3 is 0 Å². The lowest BCUT2D eigenvalue weighted by Gasteiger charge is -2.09. The van der Waals surface area contributed by atoms with Gasteiger partial charge in [0.15, 0.2) is 0 Å². The highest BCUT2D eigenvalue weighted by molar-refractivity contribution is 7.22. The third kappa shape index (κ3) is 3.84. The van der Waals surface area contributed by atoms with Crippen LogP contribution in [0.1, 0.15) is 26.5 Å². The van der Waals surface area contributed by atoms with Gasteiger partial charge in [-0.3, -0.25) is 4.79 Å². The number of aryl methyl sites for hydroxylation is 2. The molecular weight excluding hydrogens is 376 g/mol. The van der Waals surface area contributed by atoms with Crippen LogP contribution in [0.4, 0.5) is 5.82 Å². The molecule has 0 radical (unpaired) electrons. The number of carbonyl (C=O) groups excluding carboxylic acids is 1. The summed E-state index contributed by atoms with van der Waals surface area (Å²) in [7, 11) is 0. The molecule has 0 unspecified atom stereocenters. The van der Waals surface area contributed by atoms with Gasteiger partial charge in [-0.1, -0.05) is 35.9 Å². The highest BCUT2D eigenvalue weighted by Gasteiger charge is 2.18. The molecule has 0 atom stereocenters. The predicted molar refractivity (Wildman–Crippen MR) is 111 cm³/mol. The molecule has 0 bridgehead atoms. The lowest BCUT2D eigenvalue weighted by molar-refractivity contribution is 0.102. The number of nitrogens with zero attached hydrogens (tertiary/aromatic N) is 3. The number of benzene rings is 1. The number of hydrogen-bond acceptors (Lipinski definition) is 5. The Labute approximate surface area is 165 Å². The summed E-state index contributed by atoms with van der Waals surface area (Å²) >= 11 is 3.04. The summed E-state index contributed by atoms with van der Waals surface area (Å²) in [6, 6.07) is 14.1. The molecule has 0 aliphatic heterocycles. The third-order valence-electron chi connectivity index (χ3n) is 4.11. The quantitative estimate of drug-likeness (QED) is 0.519. The van der Waals surface area contributed by atoms with Crippen LogP contribution in [-0.2, 0) is 6.54 Å². The maximum absolute atomic E-state index is 12.8. The SMILES string of the molecule is Cc1cccc(Cn2nccc2NC(=O)c2sc(-c3cccs3)nc2C)c1. The lowest BCUT2D eigenvalue weighted by atomic mass is 10.1. The molecule has 4 aromatic rings. The summed E-state index contributed by atoms with van der Waals surface area (Å²) in [5.41, 5.74) is 3.08. The average molecular weight is 395 g/mol. The smallest absolute Gasteiger partial charge is 0.268 e. The first kappa shape index (κ1) is 17.6. The zero-order chi connectivity index (χ0) is 18.8. The first-order valence-corrected chi connectivity index (χ1v) is 10.2. The molecule has 1 N–H and O–H groups in total. The van der Waals surface area contributed by atoms with Crippen molar-refractivity contribution in [1.82, 2.24) is 14.8 Å². The van der Waals surface area contributed by atoms with E-state index in [0.29, 0.717) is 17.2 Å². The van der Waals surface area contributed by atoms with E-state index in [9.17, 15) is 4.79 Å². The van der Waals surface area contributed by atoms with E-state index in [4.69, 9.17) is 0 Å². The molecule has 3 heterocycles. The molecule has 1 amide bonds. The zero-order valence-electron chi connectivity index (χ0n) is 15.0. The lowest BCUT2D eigenvalue weighted by Crippen LogP contribution is -2.16. The molecule has 0 saturated carbocycles. The van der Waals surface area contributed by atoms with E-state index in [1.54, 1.807) is 22.2 Å². The molecule has 136 valence electrons. The zero-order valence-corrected chi connectivity index (χ0v) is 16.6. The fourth-order valence-corrected chi connectivity index (χ4v) is 4.59. The Balaban J connectivity index is 1.53. The number of aromatic nitrogens is 3. The topological polar surface area (TPSA) is 59.8 Å². The normalized spacial score (nSPS) is 10.9. The number of nitrogens with one attached hydrogen (secondary N) is 1. The summed E-state index contributed by atoms with van der Waals surface area (Å²) in [6.07, 6.45) is 1.70. The van der Waals surface area contributed by atoms with Crippen LogP contribution in [0.2, 0.25) is 0 Å². The maximum Gasteiger partial charge on any atom is 0.268 e. The molecule has 3 aromatic heterocycles. The molecule has 5 nitrogen and oxygen atoms in total. The van der Waals surface area contributed by atoms with Gasteiger partial charge in [0.1, 0.15) is 15.7 Å². The Morgan fingerprint density at radius 3 is 2.85 bits per heavy atom. The van der Waals surface area contributed by atoms with E-state index in [1.165, 1.54) is 16.9 Å². The van der Waals surface area contributed by atoms with E-state index >= 15 is 0 Å². The molecule has 7 heteroatoms. The van der Waals surface area contributed by atoms with E-state index < -0.39 is 0 Å². The second kappa shape index (κ2) is 7.46. The number of amides is 1. The van der Waals surface area contributed by atoms with Crippen LogP contribution in [0.25, 0.3) is 9.88 Å². The number of rotatable bonds is 5. The molecule has 0 spiro atoms. The molecule has 0 aliphatic carbocycles. The largest absolute Gasteiger partial charge is 0.306 e. The first-order chi connectivity index (χ1) is 13.1. The van der Waals surface area contributed by atoms with Crippen LogP contribution in [0.15, 0.2) is 54.0 Å². The van der Waals surface area contributed by atoms with Crippen LogP contribution < -0.4 is 5.32 Å². The monoisotopic (exact) mass is 394 g/mol. The van der Waals surface area contributed by atoms with E-state index in [1.807, 2.05) is 36.6 Å². The van der Waals surface area contributed by atoms with Crippen molar-refractivity contribution in [2.75, 3.05) is 5.32 Å². The Hall–Kier alpha value is -2.77. The van der Waals surface area contributed by atoms with Crippen molar-refractivity contribution in [3.8, 4) is 9.88 Å². The van der Waals surface area contributed by atoms with Crippen molar-refractivity contribution in [2.45, 2.75) is 20.4 Å². The number of thiazole rings is 1. The molecule has 4 rings (SSSR count). The molecule has 0 saturated heterocycles. The Morgan fingerprint density at radius 1 is 1.19 bits per heavy atom. The third-order valence-corrected chi connectivity index (χ3v) is 6.30. The van der Waals surface area contributed by atoms with Crippen molar-refractivity contribution in [3.63, 3.8) is 0 Å². The number of hydrogen-bond donors (Lipinski definition) is 1. The fourth-order valence-electron chi connectivity index (χ4n) is 2.83. The average Bonchev–Trinajstić information content (AvgIpc) is 3.36. The minimum Gasteiger partial charge on any atom is -0.306 e. The second-order valence-corrected chi connectivity index (χ2v) is 8.17. The van der Waals surface area contributed by atoms with Crippen LogP contribution >= 0.6 is 22.7 Å². The predicted octanol–water partition coefficient (Wildman–Crippen LogP) is 4.99. The first-order valence-electron chi connectivity index (χ1n) is 8.50. The Bertz CT molecular complexity index is 1080. The summed E-state index contributed by atoms with van der Waals surface area (Å²) in [6.45, 7) is 4.53. The van der Waals surface area contributed by atoms with Gasteiger partial charge in [0.2, 0.25) is 0 Å². The van der Waals surface area contributed by atoms with E-state index in [-0.39, 0.29) is 5.91 Å². The maximum atomic E-state index is 12.8. The van der Waals surface area contributed by atoms with Crippen molar-refractivity contribution < 1.29 is 4.79 Å². The van der Waals surface area contributed by atoms with E-state index in [0.717, 1.165) is 21.1 Å². The highest BCUT2D eigenvalue weighted by atomic mass is 32.1. The Kier molecular flexibility index (Phi) is 4.87. The van der Waals surface area contributed by atoms with Crippen LogP contribution in [0.5, 0.6) is 0 Å². The van der Waals surface area contributed by atoms with Gasteiger partial charge in [-0.2, -0.15) is 5.10 Å². The summed E-state index contributed by atoms with van der Waals surface area (Å²) in [5.74, 6) is 0.519. The molecule has 0 aliphatic rings. The number of thiophene rings is 1. The summed E-state index contributed by atoms with van der Waals surface area (Å²) in [4.78, 5) is 19.0. The molecule has 1 aromatic carbocycles. The number of carbonyl (C=O) groups is 1. The highest BCUT2D eigenvalue weighted by Crippen LogP contribution is 2.31. The van der Waals surface area contributed by atoms with Gasteiger partial charge in [0.05, 0.1) is 23.3 Å².